The summed E-state index contributed by atoms with van der Waals surface area (Å²) in [4.78, 5) is 0. The van der Waals surface area contributed by atoms with Gasteiger partial charge < -0.3 is 5.32 Å². The monoisotopic (exact) mass is 231 g/mol. The van der Waals surface area contributed by atoms with Crippen molar-refractivity contribution >= 4 is 11.8 Å². The Labute approximate surface area is 101 Å². The van der Waals surface area contributed by atoms with Gasteiger partial charge in [-0.1, -0.05) is 27.2 Å². The number of thioether (sulfide) groups is 1. The normalized spacial score (nSPS) is 15.2. The van der Waals surface area contributed by atoms with Crippen LogP contribution < -0.4 is 5.32 Å². The van der Waals surface area contributed by atoms with Crippen molar-refractivity contribution in [1.29, 1.82) is 0 Å². The fourth-order valence-electron chi connectivity index (χ4n) is 1.72. The van der Waals surface area contributed by atoms with Gasteiger partial charge in [-0.15, -0.1) is 0 Å². The second-order valence-corrected chi connectivity index (χ2v) is 5.49. The van der Waals surface area contributed by atoms with Gasteiger partial charge in [0.1, 0.15) is 0 Å². The first-order chi connectivity index (χ1) is 7.24. The summed E-state index contributed by atoms with van der Waals surface area (Å²) in [6.45, 7) is 8.14. The van der Waals surface area contributed by atoms with Crippen LogP contribution in [-0.4, -0.2) is 24.6 Å². The van der Waals surface area contributed by atoms with Crippen molar-refractivity contribution in [2.24, 2.45) is 5.92 Å². The molecule has 0 aromatic rings. The predicted octanol–water partition coefficient (Wildman–Crippen LogP) is 3.93. The molecule has 2 atom stereocenters. The van der Waals surface area contributed by atoms with Crippen molar-refractivity contribution in [3.05, 3.63) is 0 Å². The molecule has 0 aromatic heterocycles. The van der Waals surface area contributed by atoms with Crippen LogP contribution in [0.2, 0.25) is 0 Å². The van der Waals surface area contributed by atoms with Crippen LogP contribution in [0.15, 0.2) is 0 Å². The Bertz CT molecular complexity index is 128. The number of rotatable bonds is 10. The summed E-state index contributed by atoms with van der Waals surface area (Å²) in [7, 11) is 0. The van der Waals surface area contributed by atoms with Crippen LogP contribution in [0.5, 0.6) is 0 Å². The maximum Gasteiger partial charge on any atom is 0.00669 e. The van der Waals surface area contributed by atoms with E-state index in [9.17, 15) is 0 Å². The smallest absolute Gasteiger partial charge is 0.00669 e. The molecule has 1 N–H and O–H groups in total. The number of hydrogen-bond acceptors (Lipinski definition) is 2. The molecule has 15 heavy (non-hydrogen) atoms. The van der Waals surface area contributed by atoms with Gasteiger partial charge in [0.25, 0.3) is 0 Å². The summed E-state index contributed by atoms with van der Waals surface area (Å²) in [6, 6.07) is 0.745. The molecule has 0 fully saturated rings. The molecule has 0 aliphatic heterocycles. The summed E-state index contributed by atoms with van der Waals surface area (Å²) in [6.07, 6.45) is 8.80. The van der Waals surface area contributed by atoms with E-state index in [4.69, 9.17) is 0 Å². The molecule has 0 spiro atoms. The largest absolute Gasteiger partial charge is 0.314 e. The lowest BCUT2D eigenvalue weighted by Gasteiger charge is -2.20. The van der Waals surface area contributed by atoms with Crippen LogP contribution in [0.4, 0.5) is 0 Å². The Hall–Kier alpha value is 0.310. The minimum absolute atomic E-state index is 0.745. The molecule has 2 unspecified atom stereocenters. The third-order valence-electron chi connectivity index (χ3n) is 3.08. The summed E-state index contributed by atoms with van der Waals surface area (Å²) in [5.74, 6) is 2.18. The molecule has 0 radical (unpaired) electrons. The van der Waals surface area contributed by atoms with Crippen molar-refractivity contribution in [2.75, 3.05) is 18.6 Å². The van der Waals surface area contributed by atoms with E-state index < -0.39 is 0 Å². The lowest BCUT2D eigenvalue weighted by atomic mass is 9.98. The van der Waals surface area contributed by atoms with E-state index in [1.807, 2.05) is 11.8 Å². The summed E-state index contributed by atoms with van der Waals surface area (Å²) in [5.41, 5.74) is 0. The zero-order valence-electron chi connectivity index (χ0n) is 11.0. The van der Waals surface area contributed by atoms with Gasteiger partial charge in [0.2, 0.25) is 0 Å². The van der Waals surface area contributed by atoms with Crippen LogP contribution in [-0.2, 0) is 0 Å². The molecule has 0 saturated heterocycles. The average Bonchev–Trinajstić information content (AvgIpc) is 2.26. The standard InChI is InChI=1S/C13H29NS/c1-5-12(3)11-13(6-2)14-9-7-8-10-15-4/h12-14H,5-11H2,1-4H3. The van der Waals surface area contributed by atoms with Crippen LogP contribution in [0.1, 0.15) is 52.9 Å². The van der Waals surface area contributed by atoms with E-state index in [-0.39, 0.29) is 0 Å². The van der Waals surface area contributed by atoms with Gasteiger partial charge in [0.05, 0.1) is 0 Å². The number of unbranched alkanes of at least 4 members (excludes halogenated alkanes) is 1. The molecular weight excluding hydrogens is 202 g/mol. The summed E-state index contributed by atoms with van der Waals surface area (Å²) in [5, 5.41) is 3.68. The second-order valence-electron chi connectivity index (χ2n) is 4.51. The highest BCUT2D eigenvalue weighted by molar-refractivity contribution is 7.98. The van der Waals surface area contributed by atoms with E-state index in [1.54, 1.807) is 0 Å². The minimum Gasteiger partial charge on any atom is -0.314 e. The first-order valence-electron chi connectivity index (χ1n) is 6.46. The second kappa shape index (κ2) is 10.8. The van der Waals surface area contributed by atoms with E-state index in [1.165, 1.54) is 44.4 Å². The van der Waals surface area contributed by atoms with E-state index >= 15 is 0 Å². The van der Waals surface area contributed by atoms with Crippen LogP contribution in [0.25, 0.3) is 0 Å². The third kappa shape index (κ3) is 9.25. The topological polar surface area (TPSA) is 12.0 Å². The predicted molar refractivity (Wildman–Crippen MR) is 73.8 cm³/mol. The Morgan fingerprint density at radius 3 is 2.40 bits per heavy atom. The SMILES string of the molecule is CCC(C)CC(CC)NCCCCSC. The van der Waals surface area contributed by atoms with Gasteiger partial charge >= 0.3 is 0 Å². The van der Waals surface area contributed by atoms with Crippen molar-refractivity contribution in [3.63, 3.8) is 0 Å². The van der Waals surface area contributed by atoms with Gasteiger partial charge in [-0.05, 0) is 50.2 Å². The van der Waals surface area contributed by atoms with Gasteiger partial charge in [0, 0.05) is 6.04 Å². The highest BCUT2D eigenvalue weighted by atomic mass is 32.2. The van der Waals surface area contributed by atoms with Crippen molar-refractivity contribution in [1.82, 2.24) is 5.32 Å². The highest BCUT2D eigenvalue weighted by Gasteiger charge is 2.08. The van der Waals surface area contributed by atoms with Crippen molar-refractivity contribution in [2.45, 2.75) is 58.9 Å². The van der Waals surface area contributed by atoms with Crippen LogP contribution in [0, 0.1) is 5.92 Å². The molecule has 0 heterocycles. The average molecular weight is 231 g/mol. The van der Waals surface area contributed by atoms with E-state index in [0.29, 0.717) is 0 Å². The Morgan fingerprint density at radius 2 is 1.87 bits per heavy atom. The molecular formula is C13H29NS. The fraction of sp³-hybridized carbons (Fsp3) is 1.00. The zero-order valence-corrected chi connectivity index (χ0v) is 11.8. The van der Waals surface area contributed by atoms with Gasteiger partial charge in [-0.25, -0.2) is 0 Å². The van der Waals surface area contributed by atoms with Gasteiger partial charge in [-0.3, -0.25) is 0 Å². The van der Waals surface area contributed by atoms with E-state index in [0.717, 1.165) is 12.0 Å². The van der Waals surface area contributed by atoms with Crippen LogP contribution >= 0.6 is 11.8 Å². The van der Waals surface area contributed by atoms with Gasteiger partial charge in [-0.2, -0.15) is 11.8 Å². The molecule has 0 aromatic carbocycles. The summed E-state index contributed by atoms with van der Waals surface area (Å²) >= 11 is 1.95. The Morgan fingerprint density at radius 1 is 1.13 bits per heavy atom. The molecule has 0 rings (SSSR count). The van der Waals surface area contributed by atoms with E-state index in [2.05, 4.69) is 32.3 Å². The first kappa shape index (κ1) is 15.3. The number of nitrogens with one attached hydrogen (secondary N) is 1. The maximum atomic E-state index is 3.68. The zero-order chi connectivity index (χ0) is 11.5. The van der Waals surface area contributed by atoms with Gasteiger partial charge in [0.15, 0.2) is 0 Å². The maximum absolute atomic E-state index is 3.68. The molecule has 0 bridgehead atoms. The molecule has 1 nitrogen and oxygen atoms in total. The molecule has 92 valence electrons. The Kier molecular flexibility index (Phi) is 11.0. The fourth-order valence-corrected chi connectivity index (χ4v) is 2.22. The quantitative estimate of drug-likeness (QED) is 0.572. The highest BCUT2D eigenvalue weighted by Crippen LogP contribution is 2.12. The summed E-state index contributed by atoms with van der Waals surface area (Å²) < 4.78 is 0. The molecule has 0 aliphatic rings. The number of hydrogen-bond donors (Lipinski definition) is 1. The first-order valence-corrected chi connectivity index (χ1v) is 7.86. The molecule has 0 amide bonds. The third-order valence-corrected chi connectivity index (χ3v) is 3.78. The van der Waals surface area contributed by atoms with Crippen molar-refractivity contribution in [3.8, 4) is 0 Å². The Balaban J connectivity index is 3.44. The molecule has 0 aliphatic carbocycles. The molecule has 2 heteroatoms. The minimum atomic E-state index is 0.745. The van der Waals surface area contributed by atoms with Crippen LogP contribution in [0.3, 0.4) is 0 Å². The molecule has 0 saturated carbocycles. The lowest BCUT2D eigenvalue weighted by Crippen LogP contribution is -2.31. The van der Waals surface area contributed by atoms with Crippen molar-refractivity contribution < 1.29 is 0 Å². The lowest BCUT2D eigenvalue weighted by molar-refractivity contribution is 0.383.